The molecule has 1 aromatic heterocycles. The topological polar surface area (TPSA) is 226 Å². The summed E-state index contributed by atoms with van der Waals surface area (Å²) >= 11 is 6.52. The first-order valence-electron chi connectivity index (χ1n) is 18.5. The van der Waals surface area contributed by atoms with E-state index in [4.69, 9.17) is 22.3 Å². The van der Waals surface area contributed by atoms with Gasteiger partial charge < -0.3 is 10.6 Å². The number of amides is 1. The average molecular weight is 876 g/mol. The number of aliphatic imine (C=N–C) groups is 1. The minimum absolute atomic E-state index is 0.0604. The van der Waals surface area contributed by atoms with Crippen molar-refractivity contribution < 1.29 is 48.3 Å². The van der Waals surface area contributed by atoms with Crippen LogP contribution in [0.2, 0.25) is 5.02 Å². The van der Waals surface area contributed by atoms with Gasteiger partial charge in [0.1, 0.15) is 6.20 Å². The molecular formula is C40H48ClN4O10S3+. The number of carbonyl (C=O) groups excluding carboxylic acids is 1. The Hall–Kier alpha value is -4.23. The number of allylic oxidation sites excluding steroid dienone is 6. The second-order valence-corrected chi connectivity index (χ2v) is 20.5. The number of anilines is 1. The fourth-order valence-corrected chi connectivity index (χ4v) is 9.06. The van der Waals surface area contributed by atoms with Crippen LogP contribution in [0.4, 0.5) is 11.5 Å². The van der Waals surface area contributed by atoms with Crippen molar-refractivity contribution in [1.29, 1.82) is 0 Å². The lowest BCUT2D eigenvalue weighted by Gasteiger charge is -2.27. The molecule has 14 nitrogen and oxygen atoms in total. The number of aryl methyl sites for hydroxylation is 2. The van der Waals surface area contributed by atoms with E-state index in [1.165, 1.54) is 12.1 Å². The van der Waals surface area contributed by atoms with Gasteiger partial charge in [-0.25, -0.2) is 4.57 Å². The third-order valence-electron chi connectivity index (χ3n) is 10.4. The number of pyridine rings is 1. The normalized spacial score (nSPS) is 17.2. The van der Waals surface area contributed by atoms with E-state index >= 15 is 0 Å². The Morgan fingerprint density at radius 2 is 1.59 bits per heavy atom. The van der Waals surface area contributed by atoms with Crippen molar-refractivity contribution in [2.24, 2.45) is 10.7 Å². The molecule has 3 aromatic rings. The van der Waals surface area contributed by atoms with Gasteiger partial charge in [0, 0.05) is 36.2 Å². The molecule has 0 fully saturated rings. The van der Waals surface area contributed by atoms with Gasteiger partial charge in [0.2, 0.25) is 5.91 Å². The van der Waals surface area contributed by atoms with Crippen molar-refractivity contribution in [3.63, 3.8) is 0 Å². The summed E-state index contributed by atoms with van der Waals surface area (Å²) in [5, 5.41) is 0.435. The van der Waals surface area contributed by atoms with Crippen LogP contribution in [0.15, 0.2) is 94.6 Å². The van der Waals surface area contributed by atoms with Crippen molar-refractivity contribution in [2.45, 2.75) is 82.1 Å². The molecule has 5 N–H and O–H groups in total. The van der Waals surface area contributed by atoms with Gasteiger partial charge in [0.15, 0.2) is 5.71 Å². The Morgan fingerprint density at radius 1 is 0.897 bits per heavy atom. The molecule has 0 spiro atoms. The van der Waals surface area contributed by atoms with E-state index in [0.717, 1.165) is 22.3 Å². The van der Waals surface area contributed by atoms with Crippen LogP contribution in [-0.4, -0.2) is 68.6 Å². The Morgan fingerprint density at radius 3 is 2.24 bits per heavy atom. The molecule has 312 valence electrons. The molecule has 2 aliphatic heterocycles. The number of primary amides is 1. The first kappa shape index (κ1) is 44.9. The standard InChI is InChI=1S/C40H47ClN4O10S3/c1-39(2)33-24-30(41)26-44(19-7-21-56(47,48)49)38(33)43-35(39)17-13-28(29-11-5-9-27(23-29)10-6-12-37(42)46)14-18-36-40(3,4)32-25-31(58(53,54)55)15-16-34(32)45(36)20-8-22-57(50,51)52/h5,9,11,13-18,23-26H,6-8,10,12,19-22H2,1-4H3,(H4-,42,46,47,48,49,50,51,52,53,54,55)/p+1. The number of benzene rings is 2. The Balaban J connectivity index is 1.62. The molecule has 18 heteroatoms. The number of nitrogens with zero attached hydrogens (tertiary/aromatic N) is 3. The second-order valence-electron chi connectivity index (χ2n) is 15.4. The molecule has 2 aliphatic rings. The molecule has 0 aliphatic carbocycles. The lowest BCUT2D eigenvalue weighted by molar-refractivity contribution is -0.684. The summed E-state index contributed by atoms with van der Waals surface area (Å²) in [7, 11) is -13.0. The van der Waals surface area contributed by atoms with Crippen molar-refractivity contribution in [2.75, 3.05) is 23.0 Å². The Labute approximate surface area is 345 Å². The van der Waals surface area contributed by atoms with Crippen LogP contribution in [0.25, 0.3) is 5.57 Å². The first-order valence-corrected chi connectivity index (χ1v) is 23.5. The number of aromatic nitrogens is 1. The molecule has 0 radical (unpaired) electrons. The zero-order valence-electron chi connectivity index (χ0n) is 32.6. The largest absolute Gasteiger partial charge is 0.370 e. The van der Waals surface area contributed by atoms with Crippen molar-refractivity contribution in [1.82, 2.24) is 0 Å². The van der Waals surface area contributed by atoms with E-state index in [0.29, 0.717) is 46.3 Å². The summed E-state index contributed by atoms with van der Waals surface area (Å²) < 4.78 is 101. The third kappa shape index (κ3) is 10.9. The molecule has 0 unspecified atom stereocenters. The number of hydrogen-bond acceptors (Lipinski definition) is 9. The average Bonchev–Trinajstić information content (AvgIpc) is 3.47. The number of rotatable bonds is 17. The number of carbonyl (C=O) groups is 1. The van der Waals surface area contributed by atoms with Crippen LogP contribution in [0.5, 0.6) is 0 Å². The number of nitrogens with two attached hydrogens (primary N) is 1. The Kier molecular flexibility index (Phi) is 13.3. The van der Waals surface area contributed by atoms with Crippen LogP contribution in [0.3, 0.4) is 0 Å². The number of halogens is 1. The van der Waals surface area contributed by atoms with E-state index in [9.17, 15) is 43.7 Å². The maximum Gasteiger partial charge on any atom is 0.327 e. The molecule has 0 bridgehead atoms. The predicted octanol–water partition coefficient (Wildman–Crippen LogP) is 5.92. The van der Waals surface area contributed by atoms with E-state index in [1.807, 2.05) is 87.2 Å². The molecule has 0 atom stereocenters. The molecule has 3 heterocycles. The Bertz CT molecular complexity index is 2580. The van der Waals surface area contributed by atoms with Gasteiger partial charge in [-0.15, -0.1) is 0 Å². The zero-order valence-corrected chi connectivity index (χ0v) is 35.8. The highest BCUT2D eigenvalue weighted by Crippen LogP contribution is 2.49. The second kappa shape index (κ2) is 17.2. The molecule has 2 aromatic carbocycles. The fourth-order valence-electron chi connectivity index (χ4n) is 7.33. The molecule has 1 amide bonds. The van der Waals surface area contributed by atoms with Gasteiger partial charge in [-0.1, -0.05) is 61.9 Å². The quantitative estimate of drug-likeness (QED) is 0.0707. The highest BCUT2D eigenvalue weighted by Gasteiger charge is 2.43. The van der Waals surface area contributed by atoms with Crippen LogP contribution in [-0.2, 0) is 58.9 Å². The SMILES string of the molecule is CC1(C)C(/C=C/C(=C/C=C2\N(CCCS(=O)(=O)O)c3ccc(S(=O)(=O)O)cc3C2(C)C)c2cccc(CCCC(N)=O)c2)=Nc2c1cc(Cl)c[n+]2CCCS(=O)(=O)O. The predicted molar refractivity (Wildman–Crippen MR) is 224 cm³/mol. The van der Waals surface area contributed by atoms with Crippen molar-refractivity contribution in [3.05, 3.63) is 112 Å². The minimum atomic E-state index is -4.54. The smallest absolute Gasteiger partial charge is 0.327 e. The van der Waals surface area contributed by atoms with Gasteiger partial charge in [-0.3, -0.25) is 18.5 Å². The zero-order chi connectivity index (χ0) is 42.8. The summed E-state index contributed by atoms with van der Waals surface area (Å²) in [6.45, 7) is 8.17. The minimum Gasteiger partial charge on any atom is -0.370 e. The van der Waals surface area contributed by atoms with E-state index in [-0.39, 0.29) is 37.2 Å². The van der Waals surface area contributed by atoms with Crippen molar-refractivity contribution >= 4 is 70.7 Å². The summed E-state index contributed by atoms with van der Waals surface area (Å²) in [5.74, 6) is -0.704. The third-order valence-corrected chi connectivity index (χ3v) is 13.0. The van der Waals surface area contributed by atoms with Crippen LogP contribution in [0, 0.1) is 0 Å². The maximum atomic E-state index is 12.1. The highest BCUT2D eigenvalue weighted by atomic mass is 35.5. The molecule has 58 heavy (non-hydrogen) atoms. The van der Waals surface area contributed by atoms with Crippen LogP contribution >= 0.6 is 11.6 Å². The number of hydrogen-bond donors (Lipinski definition) is 4. The number of fused-ring (bicyclic) bond motifs is 2. The van der Waals surface area contributed by atoms with Gasteiger partial charge >= 0.3 is 5.82 Å². The summed E-state index contributed by atoms with van der Waals surface area (Å²) in [6.07, 6.45) is 10.8. The van der Waals surface area contributed by atoms with Crippen molar-refractivity contribution in [3.8, 4) is 0 Å². The van der Waals surface area contributed by atoms with E-state index < -0.39 is 58.6 Å². The van der Waals surface area contributed by atoms with Gasteiger partial charge in [0.25, 0.3) is 30.4 Å². The van der Waals surface area contributed by atoms with Gasteiger partial charge in [0.05, 0.1) is 38.9 Å². The lowest BCUT2D eigenvalue weighted by Crippen LogP contribution is -2.36. The summed E-state index contributed by atoms with van der Waals surface area (Å²) in [4.78, 5) is 18.0. The summed E-state index contributed by atoms with van der Waals surface area (Å²) in [6, 6.07) is 13.9. The van der Waals surface area contributed by atoms with Gasteiger partial charge in [-0.05, 0) is 96.8 Å². The first-order chi connectivity index (χ1) is 26.9. The molecular weight excluding hydrogens is 828 g/mol. The van der Waals surface area contributed by atoms with E-state index in [2.05, 4.69) is 0 Å². The highest BCUT2D eigenvalue weighted by molar-refractivity contribution is 7.86. The fraction of sp³-hybridized carbons (Fsp3) is 0.375. The monoisotopic (exact) mass is 875 g/mol. The van der Waals surface area contributed by atoms with Crippen LogP contribution < -0.4 is 15.2 Å². The lowest BCUT2D eigenvalue weighted by atomic mass is 9.81. The maximum absolute atomic E-state index is 12.1. The molecule has 0 saturated carbocycles. The summed E-state index contributed by atoms with van der Waals surface area (Å²) in [5.41, 5.74) is 9.85. The van der Waals surface area contributed by atoms with E-state index in [1.54, 1.807) is 16.8 Å². The molecule has 0 saturated heterocycles. The van der Waals surface area contributed by atoms with Crippen LogP contribution in [0.1, 0.15) is 75.6 Å². The molecule has 5 rings (SSSR count). The van der Waals surface area contributed by atoms with Gasteiger partial charge in [-0.2, -0.15) is 25.3 Å².